The second-order valence-corrected chi connectivity index (χ2v) is 6.43. The molecule has 1 atom stereocenters. The monoisotopic (exact) mass is 346 g/mol. The van der Waals surface area contributed by atoms with Gasteiger partial charge in [0.05, 0.1) is 16.6 Å². The number of benzene rings is 1. The van der Waals surface area contributed by atoms with Crippen LogP contribution in [0.3, 0.4) is 0 Å². The van der Waals surface area contributed by atoms with Crippen LogP contribution in [0.5, 0.6) is 0 Å². The van der Waals surface area contributed by atoms with E-state index in [4.69, 9.17) is 0 Å². The first kappa shape index (κ1) is 16.1. The summed E-state index contributed by atoms with van der Waals surface area (Å²) in [6.07, 6.45) is 0.201. The molecule has 0 spiro atoms. The van der Waals surface area contributed by atoms with Gasteiger partial charge in [-0.25, -0.2) is 4.98 Å². The van der Waals surface area contributed by atoms with Gasteiger partial charge >= 0.3 is 6.18 Å². The number of nitrogens with one attached hydrogen (secondary N) is 1. The second kappa shape index (κ2) is 6.15. The van der Waals surface area contributed by atoms with Gasteiger partial charge in [0.25, 0.3) is 0 Å². The number of likely N-dealkylation sites (tertiary alicyclic amines) is 1. The van der Waals surface area contributed by atoms with E-state index in [9.17, 15) is 13.2 Å². The lowest BCUT2D eigenvalue weighted by atomic mass is 10.1. The van der Waals surface area contributed by atoms with Crippen LogP contribution in [0, 0.1) is 0 Å². The fourth-order valence-electron chi connectivity index (χ4n) is 3.35. The van der Waals surface area contributed by atoms with Gasteiger partial charge in [0.1, 0.15) is 5.82 Å². The van der Waals surface area contributed by atoms with Gasteiger partial charge in [-0.1, -0.05) is 6.07 Å². The molecule has 0 amide bonds. The van der Waals surface area contributed by atoms with Crippen molar-refractivity contribution >= 4 is 11.0 Å². The van der Waals surface area contributed by atoms with Gasteiger partial charge in [0, 0.05) is 31.4 Å². The summed E-state index contributed by atoms with van der Waals surface area (Å²) in [6.45, 7) is 2.59. The van der Waals surface area contributed by atoms with Crippen LogP contribution >= 0.6 is 0 Å². The molecule has 3 aromatic rings. The molecule has 1 aliphatic rings. The SMILES string of the molecule is FC(F)(F)c1ccc2nc([C@H]3CCN(Cc4cccnc4)C3)[nH]c2c1. The molecule has 1 saturated heterocycles. The standard InChI is InChI=1S/C18H17F3N4/c19-18(20,21)14-3-4-15-16(8-14)24-17(23-15)13-5-7-25(11-13)10-12-2-1-6-22-9-12/h1-4,6,8-9,13H,5,7,10-11H2,(H,23,24)/t13-/m0/s1. The van der Waals surface area contributed by atoms with Crippen LogP contribution < -0.4 is 0 Å². The number of alkyl halides is 3. The molecule has 1 N–H and O–H groups in total. The number of nitrogens with zero attached hydrogens (tertiary/aromatic N) is 3. The molecule has 130 valence electrons. The van der Waals surface area contributed by atoms with Crippen molar-refractivity contribution in [2.75, 3.05) is 13.1 Å². The molecule has 1 aromatic carbocycles. The van der Waals surface area contributed by atoms with E-state index < -0.39 is 11.7 Å². The summed E-state index contributed by atoms with van der Waals surface area (Å²) >= 11 is 0. The van der Waals surface area contributed by atoms with Gasteiger partial charge in [-0.05, 0) is 42.8 Å². The highest BCUT2D eigenvalue weighted by molar-refractivity contribution is 5.76. The van der Waals surface area contributed by atoms with Crippen molar-refractivity contribution in [1.29, 1.82) is 0 Å². The summed E-state index contributed by atoms with van der Waals surface area (Å²) in [5.74, 6) is 0.974. The Morgan fingerprint density at radius 2 is 2.12 bits per heavy atom. The van der Waals surface area contributed by atoms with E-state index in [1.54, 1.807) is 6.20 Å². The van der Waals surface area contributed by atoms with Crippen LogP contribution in [0.1, 0.15) is 29.3 Å². The summed E-state index contributed by atoms with van der Waals surface area (Å²) < 4.78 is 38.5. The molecule has 1 fully saturated rings. The van der Waals surface area contributed by atoms with E-state index in [0.29, 0.717) is 11.0 Å². The van der Waals surface area contributed by atoms with Crippen molar-refractivity contribution in [3.05, 3.63) is 59.7 Å². The van der Waals surface area contributed by atoms with Gasteiger partial charge in [0.15, 0.2) is 0 Å². The normalized spacial score (nSPS) is 18.9. The van der Waals surface area contributed by atoms with Gasteiger partial charge < -0.3 is 4.98 Å². The Labute approximate surface area is 142 Å². The van der Waals surface area contributed by atoms with Crippen LogP contribution in [0.4, 0.5) is 13.2 Å². The minimum absolute atomic E-state index is 0.207. The molecule has 1 aliphatic heterocycles. The van der Waals surface area contributed by atoms with Crippen molar-refractivity contribution < 1.29 is 13.2 Å². The third-order valence-corrected chi connectivity index (χ3v) is 4.62. The van der Waals surface area contributed by atoms with E-state index in [0.717, 1.165) is 49.6 Å². The Hall–Kier alpha value is -2.41. The highest BCUT2D eigenvalue weighted by atomic mass is 19.4. The molecule has 0 bridgehead atoms. The smallest absolute Gasteiger partial charge is 0.342 e. The number of imidazole rings is 1. The Bertz CT molecular complexity index is 873. The summed E-state index contributed by atoms with van der Waals surface area (Å²) in [5, 5.41) is 0. The predicted molar refractivity (Wildman–Crippen MR) is 88.0 cm³/mol. The molecular formula is C18H17F3N4. The van der Waals surface area contributed by atoms with E-state index in [1.807, 2.05) is 18.3 Å². The lowest BCUT2D eigenvalue weighted by molar-refractivity contribution is -0.137. The molecule has 4 rings (SSSR count). The van der Waals surface area contributed by atoms with Crippen molar-refractivity contribution in [3.8, 4) is 0 Å². The molecule has 25 heavy (non-hydrogen) atoms. The maximum atomic E-state index is 12.8. The minimum Gasteiger partial charge on any atom is -0.342 e. The average Bonchev–Trinajstić information content (AvgIpc) is 3.20. The predicted octanol–water partition coefficient (Wildman–Crippen LogP) is 3.97. The van der Waals surface area contributed by atoms with Gasteiger partial charge in [-0.3, -0.25) is 9.88 Å². The Morgan fingerprint density at radius 3 is 2.88 bits per heavy atom. The number of hydrogen-bond donors (Lipinski definition) is 1. The number of H-pyrrole nitrogens is 1. The zero-order chi connectivity index (χ0) is 17.4. The molecule has 0 radical (unpaired) electrons. The van der Waals surface area contributed by atoms with Crippen molar-refractivity contribution in [1.82, 2.24) is 19.9 Å². The molecule has 7 heteroatoms. The van der Waals surface area contributed by atoms with Crippen LogP contribution in [-0.2, 0) is 12.7 Å². The molecule has 4 nitrogen and oxygen atoms in total. The van der Waals surface area contributed by atoms with Crippen LogP contribution in [0.2, 0.25) is 0 Å². The number of aromatic nitrogens is 3. The molecule has 0 saturated carbocycles. The van der Waals surface area contributed by atoms with Crippen molar-refractivity contribution in [2.24, 2.45) is 0 Å². The van der Waals surface area contributed by atoms with Crippen LogP contribution in [0.25, 0.3) is 11.0 Å². The summed E-state index contributed by atoms with van der Waals surface area (Å²) in [6, 6.07) is 7.60. The first-order valence-electron chi connectivity index (χ1n) is 8.17. The molecular weight excluding hydrogens is 329 g/mol. The first-order valence-corrected chi connectivity index (χ1v) is 8.17. The average molecular weight is 346 g/mol. The maximum Gasteiger partial charge on any atom is 0.416 e. The van der Waals surface area contributed by atoms with Crippen molar-refractivity contribution in [3.63, 3.8) is 0 Å². The fourth-order valence-corrected chi connectivity index (χ4v) is 3.35. The molecule has 0 aliphatic carbocycles. The number of aromatic amines is 1. The lowest BCUT2D eigenvalue weighted by Gasteiger charge is -2.15. The lowest BCUT2D eigenvalue weighted by Crippen LogP contribution is -2.20. The number of halogens is 3. The van der Waals surface area contributed by atoms with Gasteiger partial charge in [0.2, 0.25) is 0 Å². The summed E-state index contributed by atoms with van der Waals surface area (Å²) in [4.78, 5) is 14.0. The van der Waals surface area contributed by atoms with E-state index >= 15 is 0 Å². The summed E-state index contributed by atoms with van der Waals surface area (Å²) in [5.41, 5.74) is 1.52. The number of pyridine rings is 1. The Kier molecular flexibility index (Phi) is 3.95. The summed E-state index contributed by atoms with van der Waals surface area (Å²) in [7, 11) is 0. The zero-order valence-corrected chi connectivity index (χ0v) is 13.4. The minimum atomic E-state index is -4.34. The fraction of sp³-hybridized carbons (Fsp3) is 0.333. The Balaban J connectivity index is 1.50. The quantitative estimate of drug-likeness (QED) is 0.781. The Morgan fingerprint density at radius 1 is 1.24 bits per heavy atom. The highest BCUT2D eigenvalue weighted by Gasteiger charge is 2.31. The van der Waals surface area contributed by atoms with Crippen LogP contribution in [-0.4, -0.2) is 32.9 Å². The van der Waals surface area contributed by atoms with E-state index in [1.165, 1.54) is 6.07 Å². The molecule has 2 aromatic heterocycles. The third kappa shape index (κ3) is 3.37. The number of fused-ring (bicyclic) bond motifs is 1. The molecule has 0 unspecified atom stereocenters. The maximum absolute atomic E-state index is 12.8. The highest BCUT2D eigenvalue weighted by Crippen LogP contribution is 2.32. The zero-order valence-electron chi connectivity index (χ0n) is 13.4. The van der Waals surface area contributed by atoms with Gasteiger partial charge in [-0.15, -0.1) is 0 Å². The van der Waals surface area contributed by atoms with Crippen molar-refractivity contribution in [2.45, 2.75) is 25.1 Å². The van der Waals surface area contributed by atoms with E-state index in [2.05, 4.69) is 19.9 Å². The number of rotatable bonds is 3. The van der Waals surface area contributed by atoms with Crippen LogP contribution in [0.15, 0.2) is 42.7 Å². The van der Waals surface area contributed by atoms with Gasteiger partial charge in [-0.2, -0.15) is 13.2 Å². The first-order chi connectivity index (χ1) is 12.0. The second-order valence-electron chi connectivity index (χ2n) is 6.43. The largest absolute Gasteiger partial charge is 0.416 e. The number of hydrogen-bond acceptors (Lipinski definition) is 3. The van der Waals surface area contributed by atoms with E-state index in [-0.39, 0.29) is 5.92 Å². The third-order valence-electron chi connectivity index (χ3n) is 4.62. The molecule has 3 heterocycles. The topological polar surface area (TPSA) is 44.8 Å².